The first kappa shape index (κ1) is 18.0. The summed E-state index contributed by atoms with van der Waals surface area (Å²) in [6.07, 6.45) is 4.03. The highest BCUT2D eigenvalue weighted by molar-refractivity contribution is 9.10. The number of urea groups is 1. The van der Waals surface area contributed by atoms with E-state index in [1.165, 1.54) is 6.42 Å². The number of nitrogens with one attached hydrogen (secondary N) is 2. The van der Waals surface area contributed by atoms with E-state index < -0.39 is 6.04 Å². The van der Waals surface area contributed by atoms with Crippen LogP contribution in [0.1, 0.15) is 51.1 Å². The van der Waals surface area contributed by atoms with Gasteiger partial charge in [0.25, 0.3) is 0 Å². The normalized spacial score (nSPS) is 26.7. The minimum atomic E-state index is -0.530. The van der Waals surface area contributed by atoms with Gasteiger partial charge in [0, 0.05) is 10.2 Å². The lowest BCUT2D eigenvalue weighted by molar-refractivity contribution is -0.146. The summed E-state index contributed by atoms with van der Waals surface area (Å²) >= 11 is 3.51. The summed E-state index contributed by atoms with van der Waals surface area (Å²) in [6.45, 7) is 3.93. The van der Waals surface area contributed by atoms with E-state index in [9.17, 15) is 9.59 Å². The molecule has 2 aliphatic rings. The second kappa shape index (κ2) is 7.60. The molecule has 134 valence electrons. The van der Waals surface area contributed by atoms with Crippen molar-refractivity contribution in [2.75, 3.05) is 0 Å². The van der Waals surface area contributed by atoms with Gasteiger partial charge in [-0.25, -0.2) is 9.59 Å². The van der Waals surface area contributed by atoms with Crippen molar-refractivity contribution in [1.82, 2.24) is 10.6 Å². The Morgan fingerprint density at radius 1 is 1.28 bits per heavy atom. The molecule has 0 unspecified atom stereocenters. The predicted molar refractivity (Wildman–Crippen MR) is 98.8 cm³/mol. The van der Waals surface area contributed by atoms with Crippen LogP contribution in [0.15, 0.2) is 40.0 Å². The minimum absolute atomic E-state index is 0.0472. The zero-order valence-electron chi connectivity index (χ0n) is 14.5. The average molecular weight is 407 g/mol. The highest BCUT2D eigenvalue weighted by atomic mass is 79.9. The predicted octanol–water partition coefficient (Wildman–Crippen LogP) is 4.20. The molecule has 1 heterocycles. The van der Waals surface area contributed by atoms with Crippen molar-refractivity contribution in [3.8, 4) is 0 Å². The van der Waals surface area contributed by atoms with Crippen LogP contribution in [0.25, 0.3) is 0 Å². The lowest BCUT2D eigenvalue weighted by Crippen LogP contribution is -2.45. The van der Waals surface area contributed by atoms with Gasteiger partial charge in [-0.3, -0.25) is 0 Å². The number of allylic oxidation sites excluding steroid dienone is 1. The summed E-state index contributed by atoms with van der Waals surface area (Å²) in [5.74, 6) is 0.217. The molecule has 0 radical (unpaired) electrons. The van der Waals surface area contributed by atoms with Crippen LogP contribution in [-0.4, -0.2) is 18.1 Å². The Morgan fingerprint density at radius 3 is 2.76 bits per heavy atom. The van der Waals surface area contributed by atoms with Crippen LogP contribution in [0.4, 0.5) is 4.79 Å². The number of rotatable bonds is 3. The Balaban J connectivity index is 1.87. The van der Waals surface area contributed by atoms with Crippen molar-refractivity contribution >= 4 is 27.9 Å². The van der Waals surface area contributed by atoms with Crippen molar-refractivity contribution in [1.29, 1.82) is 0 Å². The van der Waals surface area contributed by atoms with Crippen molar-refractivity contribution in [3.63, 3.8) is 0 Å². The fraction of sp³-hybridized carbons (Fsp3) is 0.474. The fourth-order valence-corrected chi connectivity index (χ4v) is 4.12. The van der Waals surface area contributed by atoms with E-state index in [0.29, 0.717) is 17.2 Å². The largest absolute Gasteiger partial charge is 0.459 e. The van der Waals surface area contributed by atoms with Gasteiger partial charge in [-0.05, 0) is 43.7 Å². The van der Waals surface area contributed by atoms with Crippen molar-refractivity contribution < 1.29 is 14.3 Å². The maximum absolute atomic E-state index is 12.9. The molecular weight excluding hydrogens is 384 g/mol. The number of carbonyl (C=O) groups is 2. The highest BCUT2D eigenvalue weighted by Gasteiger charge is 2.34. The molecule has 0 bridgehead atoms. The van der Waals surface area contributed by atoms with E-state index in [2.05, 4.69) is 33.5 Å². The van der Waals surface area contributed by atoms with Crippen LogP contribution in [0.2, 0.25) is 0 Å². The molecule has 3 rings (SSSR count). The van der Waals surface area contributed by atoms with Crippen LogP contribution >= 0.6 is 15.9 Å². The SMILES string of the molecule is CC1=C(C(=O)O[C@@H]2CCC[C@@H](C)C2)[C@@H](c2ccccc2Br)NC(=O)N1. The van der Waals surface area contributed by atoms with Crippen LogP contribution in [-0.2, 0) is 9.53 Å². The van der Waals surface area contributed by atoms with Gasteiger partial charge in [-0.15, -0.1) is 0 Å². The number of amides is 2. The lowest BCUT2D eigenvalue weighted by atomic mass is 9.88. The zero-order chi connectivity index (χ0) is 18.0. The number of hydrogen-bond acceptors (Lipinski definition) is 3. The molecule has 1 saturated carbocycles. The van der Waals surface area contributed by atoms with Gasteiger partial charge in [0.2, 0.25) is 0 Å². The number of benzene rings is 1. The maximum atomic E-state index is 12.9. The second-order valence-electron chi connectivity index (χ2n) is 6.89. The Hall–Kier alpha value is -1.82. The van der Waals surface area contributed by atoms with Crippen molar-refractivity contribution in [3.05, 3.63) is 45.6 Å². The Kier molecular flexibility index (Phi) is 5.47. The number of halogens is 1. The lowest BCUT2D eigenvalue weighted by Gasteiger charge is -2.31. The number of esters is 1. The molecule has 1 aliphatic carbocycles. The molecule has 0 aromatic heterocycles. The van der Waals surface area contributed by atoms with E-state index in [0.717, 1.165) is 29.3 Å². The second-order valence-corrected chi connectivity index (χ2v) is 7.75. The molecule has 5 nitrogen and oxygen atoms in total. The Bertz CT molecular complexity index is 716. The highest BCUT2D eigenvalue weighted by Crippen LogP contribution is 2.33. The van der Waals surface area contributed by atoms with Gasteiger partial charge in [-0.1, -0.05) is 47.5 Å². The van der Waals surface area contributed by atoms with Crippen molar-refractivity contribution in [2.24, 2.45) is 5.92 Å². The first-order valence-electron chi connectivity index (χ1n) is 8.69. The molecule has 1 aliphatic heterocycles. The molecular formula is C19H23BrN2O3. The van der Waals surface area contributed by atoms with Gasteiger partial charge >= 0.3 is 12.0 Å². The van der Waals surface area contributed by atoms with Gasteiger partial charge in [0.15, 0.2) is 0 Å². The van der Waals surface area contributed by atoms with Gasteiger partial charge in [0.1, 0.15) is 6.10 Å². The number of ether oxygens (including phenoxy) is 1. The summed E-state index contributed by atoms with van der Waals surface area (Å²) in [6, 6.07) is 6.72. The van der Waals surface area contributed by atoms with Gasteiger partial charge in [0.05, 0.1) is 11.6 Å². The topological polar surface area (TPSA) is 67.4 Å². The van der Waals surface area contributed by atoms with Crippen LogP contribution in [0, 0.1) is 5.92 Å². The van der Waals surface area contributed by atoms with E-state index in [1.807, 2.05) is 24.3 Å². The minimum Gasteiger partial charge on any atom is -0.459 e. The fourth-order valence-electron chi connectivity index (χ4n) is 3.61. The van der Waals surface area contributed by atoms with E-state index in [1.54, 1.807) is 6.92 Å². The number of carbonyl (C=O) groups excluding carboxylic acids is 2. The zero-order valence-corrected chi connectivity index (χ0v) is 16.1. The number of hydrogen-bond donors (Lipinski definition) is 2. The molecule has 1 aromatic rings. The molecule has 6 heteroatoms. The van der Waals surface area contributed by atoms with Crippen LogP contribution in [0.5, 0.6) is 0 Å². The monoisotopic (exact) mass is 406 g/mol. The smallest absolute Gasteiger partial charge is 0.338 e. The molecule has 1 aromatic carbocycles. The molecule has 0 saturated heterocycles. The maximum Gasteiger partial charge on any atom is 0.338 e. The molecule has 0 spiro atoms. The van der Waals surface area contributed by atoms with E-state index >= 15 is 0 Å². The molecule has 3 atom stereocenters. The van der Waals surface area contributed by atoms with E-state index in [4.69, 9.17) is 4.74 Å². The third-order valence-electron chi connectivity index (χ3n) is 4.87. The summed E-state index contributed by atoms with van der Waals surface area (Å²) in [5, 5.41) is 5.53. The summed E-state index contributed by atoms with van der Waals surface area (Å²) < 4.78 is 6.63. The molecule has 2 amide bonds. The first-order chi connectivity index (χ1) is 12.0. The summed E-state index contributed by atoms with van der Waals surface area (Å²) in [5.41, 5.74) is 1.84. The third kappa shape index (κ3) is 4.06. The Morgan fingerprint density at radius 2 is 2.04 bits per heavy atom. The molecule has 25 heavy (non-hydrogen) atoms. The third-order valence-corrected chi connectivity index (χ3v) is 5.59. The summed E-state index contributed by atoms with van der Waals surface area (Å²) in [7, 11) is 0. The van der Waals surface area contributed by atoms with Crippen LogP contribution in [0.3, 0.4) is 0 Å². The Labute approximate surface area is 156 Å². The van der Waals surface area contributed by atoms with Gasteiger partial charge in [-0.2, -0.15) is 0 Å². The summed E-state index contributed by atoms with van der Waals surface area (Å²) in [4.78, 5) is 24.8. The molecule has 2 N–H and O–H groups in total. The quantitative estimate of drug-likeness (QED) is 0.739. The molecule has 1 fully saturated rings. The van der Waals surface area contributed by atoms with Crippen molar-refractivity contribution in [2.45, 2.75) is 51.7 Å². The van der Waals surface area contributed by atoms with Crippen LogP contribution < -0.4 is 10.6 Å². The van der Waals surface area contributed by atoms with Gasteiger partial charge < -0.3 is 15.4 Å². The van der Waals surface area contributed by atoms with E-state index in [-0.39, 0.29) is 18.1 Å². The standard InChI is InChI=1S/C19H23BrN2O3/c1-11-6-5-7-13(10-11)25-18(23)16-12(2)21-19(24)22-17(16)14-8-3-4-9-15(14)20/h3-4,8-9,11,13,17H,5-7,10H2,1-2H3,(H2,21,22,24)/t11-,13-,17-/m1/s1. The average Bonchev–Trinajstić information content (AvgIpc) is 2.54. The first-order valence-corrected chi connectivity index (χ1v) is 9.48.